The molecule has 4 nitrogen and oxygen atoms in total. The summed E-state index contributed by atoms with van der Waals surface area (Å²) in [6.07, 6.45) is 2.10. The number of benzene rings is 1. The Labute approximate surface area is 153 Å². The Morgan fingerprint density at radius 3 is 2.46 bits per heavy atom. The van der Waals surface area contributed by atoms with Crippen molar-refractivity contribution < 1.29 is 9.30 Å². The molecule has 0 spiro atoms. The number of aromatic nitrogens is 3. The van der Waals surface area contributed by atoms with Crippen LogP contribution in [0.15, 0.2) is 60.8 Å². The van der Waals surface area contributed by atoms with E-state index in [0.717, 1.165) is 28.9 Å². The number of ether oxygens (including phenoxy) is 1. The van der Waals surface area contributed by atoms with Crippen molar-refractivity contribution in [3.8, 4) is 5.88 Å². The van der Waals surface area contributed by atoms with Gasteiger partial charge in [-0.25, -0.2) is 9.55 Å². The fourth-order valence-electron chi connectivity index (χ4n) is 3.36. The van der Waals surface area contributed by atoms with Crippen LogP contribution in [0, 0.1) is 0 Å². The Kier molecular flexibility index (Phi) is 3.91. The lowest BCUT2D eigenvalue weighted by atomic mass is 9.91. The van der Waals surface area contributed by atoms with Gasteiger partial charge in [0.15, 0.2) is 5.52 Å². The molecule has 0 amide bonds. The highest BCUT2D eigenvalue weighted by Gasteiger charge is 2.27. The predicted octanol–water partition coefficient (Wildman–Crippen LogP) is 4.13. The van der Waals surface area contributed by atoms with Crippen LogP contribution >= 0.6 is 0 Å². The normalized spacial score (nSPS) is 12.0. The third-order valence-electron chi connectivity index (χ3n) is 4.73. The van der Waals surface area contributed by atoms with Crippen LogP contribution in [0.1, 0.15) is 32.0 Å². The fourth-order valence-corrected chi connectivity index (χ4v) is 3.36. The molecule has 4 heteroatoms. The lowest BCUT2D eigenvalue weighted by Gasteiger charge is -2.17. The first-order valence-corrected chi connectivity index (χ1v) is 8.91. The topological polar surface area (TPSA) is 30.4 Å². The molecule has 0 fully saturated rings. The number of pyridine rings is 2. The zero-order valence-corrected chi connectivity index (χ0v) is 15.7. The minimum absolute atomic E-state index is 0.0509. The molecule has 132 valence electrons. The van der Waals surface area contributed by atoms with Gasteiger partial charge in [0.05, 0.1) is 19.0 Å². The third-order valence-corrected chi connectivity index (χ3v) is 4.73. The first kappa shape index (κ1) is 16.6. The summed E-state index contributed by atoms with van der Waals surface area (Å²) in [4.78, 5) is 4.83. The van der Waals surface area contributed by atoms with Gasteiger partial charge in [0, 0.05) is 17.5 Å². The number of hydrogen-bond donors (Lipinski definition) is 0. The molecule has 0 aliphatic heterocycles. The van der Waals surface area contributed by atoms with Crippen molar-refractivity contribution in [2.45, 2.75) is 32.7 Å². The second-order valence-electron chi connectivity index (χ2n) is 7.64. The highest BCUT2D eigenvalue weighted by atomic mass is 16.5. The first-order valence-electron chi connectivity index (χ1n) is 8.91. The van der Waals surface area contributed by atoms with Crippen molar-refractivity contribution in [3.05, 3.63) is 72.1 Å². The van der Waals surface area contributed by atoms with Crippen LogP contribution in [0.5, 0.6) is 5.88 Å². The maximum Gasteiger partial charge on any atom is 0.287 e. The molecule has 0 saturated carbocycles. The molecule has 3 heterocycles. The second-order valence-corrected chi connectivity index (χ2v) is 7.64. The summed E-state index contributed by atoms with van der Waals surface area (Å²) in [5.74, 6) is 0.673. The highest BCUT2D eigenvalue weighted by molar-refractivity contribution is 5.80. The number of nitrogens with zero attached hydrogens (tertiary/aromatic N) is 3. The number of imidazole rings is 1. The first-order chi connectivity index (χ1) is 12.5. The molecule has 0 bridgehead atoms. The van der Waals surface area contributed by atoms with E-state index >= 15 is 0 Å². The molecule has 0 N–H and O–H groups in total. The van der Waals surface area contributed by atoms with Crippen molar-refractivity contribution in [1.29, 1.82) is 0 Å². The van der Waals surface area contributed by atoms with E-state index in [-0.39, 0.29) is 5.41 Å². The highest BCUT2D eigenvalue weighted by Crippen LogP contribution is 2.29. The van der Waals surface area contributed by atoms with Gasteiger partial charge in [-0.3, -0.25) is 0 Å². The summed E-state index contributed by atoms with van der Waals surface area (Å²) < 4.78 is 10.2. The molecule has 0 aliphatic carbocycles. The summed E-state index contributed by atoms with van der Waals surface area (Å²) in [6.45, 7) is 7.29. The Morgan fingerprint density at radius 2 is 1.77 bits per heavy atom. The van der Waals surface area contributed by atoms with Gasteiger partial charge in [0.2, 0.25) is 5.52 Å². The van der Waals surface area contributed by atoms with E-state index in [1.807, 2.05) is 6.07 Å². The van der Waals surface area contributed by atoms with Crippen LogP contribution in [0.4, 0.5) is 0 Å². The summed E-state index contributed by atoms with van der Waals surface area (Å²) in [7, 11) is 1.70. The van der Waals surface area contributed by atoms with Gasteiger partial charge in [-0.1, -0.05) is 57.2 Å². The number of hydrogen-bond acceptors (Lipinski definition) is 2. The van der Waals surface area contributed by atoms with Crippen LogP contribution < -0.4 is 9.30 Å². The minimum Gasteiger partial charge on any atom is -0.478 e. The average molecular weight is 346 g/mol. The Balaban J connectivity index is 2.06. The smallest absolute Gasteiger partial charge is 0.287 e. The molecule has 0 atom stereocenters. The Bertz CT molecular complexity index is 1080. The van der Waals surface area contributed by atoms with Gasteiger partial charge in [-0.2, -0.15) is 4.40 Å². The molecule has 4 aromatic rings. The molecule has 1 aromatic carbocycles. The lowest BCUT2D eigenvalue weighted by Crippen LogP contribution is -2.34. The van der Waals surface area contributed by atoms with Crippen LogP contribution in [0.3, 0.4) is 0 Å². The van der Waals surface area contributed by atoms with E-state index in [9.17, 15) is 0 Å². The second kappa shape index (κ2) is 6.13. The van der Waals surface area contributed by atoms with Crippen LogP contribution in [-0.4, -0.2) is 16.5 Å². The molecule has 0 saturated heterocycles. The predicted molar refractivity (Wildman–Crippen MR) is 104 cm³/mol. The van der Waals surface area contributed by atoms with E-state index in [1.54, 1.807) is 7.11 Å². The molecule has 0 aliphatic rings. The molecule has 0 unspecified atom stereocenters. The fraction of sp³-hybridized carbons (Fsp3) is 0.273. The monoisotopic (exact) mass is 346 g/mol. The third kappa shape index (κ3) is 2.71. The van der Waals surface area contributed by atoms with Gasteiger partial charge in [-0.15, -0.1) is 0 Å². The van der Waals surface area contributed by atoms with E-state index in [4.69, 9.17) is 9.72 Å². The van der Waals surface area contributed by atoms with Gasteiger partial charge >= 0.3 is 0 Å². The zero-order chi connectivity index (χ0) is 18.3. The zero-order valence-electron chi connectivity index (χ0n) is 15.7. The van der Waals surface area contributed by atoms with E-state index in [0.29, 0.717) is 5.88 Å². The molecular weight excluding hydrogens is 322 g/mol. The van der Waals surface area contributed by atoms with E-state index < -0.39 is 0 Å². The molecule has 26 heavy (non-hydrogen) atoms. The van der Waals surface area contributed by atoms with Crippen LogP contribution in [0.2, 0.25) is 0 Å². The van der Waals surface area contributed by atoms with Crippen molar-refractivity contribution in [3.63, 3.8) is 0 Å². The van der Waals surface area contributed by atoms with Crippen molar-refractivity contribution in [2.24, 2.45) is 0 Å². The van der Waals surface area contributed by atoms with E-state index in [1.165, 1.54) is 5.56 Å². The SMILES string of the molecule is COc1nc(C(C)(C)C)cc2c1[n+](Cc1ccccc1)c1ccccn21. The lowest BCUT2D eigenvalue weighted by molar-refractivity contribution is -0.636. The van der Waals surface area contributed by atoms with Crippen LogP contribution in [0.25, 0.3) is 16.7 Å². The Hall–Kier alpha value is -2.88. The number of rotatable bonds is 3. The van der Waals surface area contributed by atoms with Gasteiger partial charge < -0.3 is 4.74 Å². The maximum atomic E-state index is 5.73. The van der Waals surface area contributed by atoms with Crippen molar-refractivity contribution in [2.75, 3.05) is 7.11 Å². The quantitative estimate of drug-likeness (QED) is 0.522. The van der Waals surface area contributed by atoms with Crippen LogP contribution in [-0.2, 0) is 12.0 Å². The number of fused-ring (bicyclic) bond motifs is 3. The van der Waals surface area contributed by atoms with Gasteiger partial charge in [-0.05, 0) is 11.6 Å². The van der Waals surface area contributed by atoms with Gasteiger partial charge in [0.1, 0.15) is 6.54 Å². The Morgan fingerprint density at radius 1 is 1.04 bits per heavy atom. The summed E-state index contributed by atoms with van der Waals surface area (Å²) in [5, 5.41) is 0. The van der Waals surface area contributed by atoms with Crippen molar-refractivity contribution >= 4 is 16.7 Å². The molecule has 4 rings (SSSR count). The molecule has 3 aromatic heterocycles. The molecule has 0 radical (unpaired) electrons. The average Bonchev–Trinajstić information content (AvgIpc) is 2.95. The summed E-state index contributed by atoms with van der Waals surface area (Å²) >= 11 is 0. The van der Waals surface area contributed by atoms with E-state index in [2.05, 4.69) is 84.5 Å². The van der Waals surface area contributed by atoms with Gasteiger partial charge in [0.25, 0.3) is 11.5 Å². The summed E-state index contributed by atoms with van der Waals surface area (Å²) in [5.41, 5.74) is 5.49. The maximum absolute atomic E-state index is 5.73. The van der Waals surface area contributed by atoms with Crippen molar-refractivity contribution in [1.82, 2.24) is 9.38 Å². The summed E-state index contributed by atoms with van der Waals surface area (Å²) in [6, 6.07) is 18.9. The number of methoxy groups -OCH3 is 1. The molecular formula is C22H24N3O+. The largest absolute Gasteiger partial charge is 0.478 e. The minimum atomic E-state index is -0.0509. The standard InChI is InChI=1S/C22H24N3O/c1-22(2,3)18-14-17-20(21(23-18)26-4)25(15-16-10-6-5-7-11-16)19-12-8-9-13-24(17)19/h5-14H,15H2,1-4H3/q+1.